The van der Waals surface area contributed by atoms with Gasteiger partial charge in [-0.1, -0.05) is 80.6 Å². The van der Waals surface area contributed by atoms with Crippen molar-refractivity contribution in [3.8, 4) is 16.8 Å². The summed E-state index contributed by atoms with van der Waals surface area (Å²) in [5.41, 5.74) is 11.6. The Hall–Kier alpha value is -4.30. The van der Waals surface area contributed by atoms with E-state index in [1.807, 2.05) is 0 Å². The van der Waals surface area contributed by atoms with Crippen molar-refractivity contribution in [3.63, 3.8) is 0 Å². The van der Waals surface area contributed by atoms with E-state index in [9.17, 15) is 0 Å². The van der Waals surface area contributed by atoms with Crippen LogP contribution in [0.1, 0.15) is 25.0 Å². The third-order valence-corrected chi connectivity index (χ3v) is 8.01. The Morgan fingerprint density at radius 1 is 0.556 bits per heavy atom. The summed E-state index contributed by atoms with van der Waals surface area (Å²) < 4.78 is 2.36. The normalized spacial score (nSPS) is 13.6. The molecular weight excluding hydrogens is 436 g/mol. The topological polar surface area (TPSA) is 8.17 Å². The lowest BCUT2D eigenvalue weighted by Gasteiger charge is -2.25. The lowest BCUT2D eigenvalue weighted by Crippen LogP contribution is -2.16. The largest absolute Gasteiger partial charge is 0.345 e. The van der Waals surface area contributed by atoms with E-state index in [0.717, 1.165) is 0 Å². The fourth-order valence-electron chi connectivity index (χ4n) is 6.07. The third-order valence-electron chi connectivity index (χ3n) is 8.01. The number of hydrogen-bond acceptors (Lipinski definition) is 1. The molecule has 36 heavy (non-hydrogen) atoms. The van der Waals surface area contributed by atoms with E-state index in [1.165, 1.54) is 61.1 Å². The number of rotatable bonds is 3. The third kappa shape index (κ3) is 2.91. The van der Waals surface area contributed by atoms with Gasteiger partial charge in [-0.25, -0.2) is 0 Å². The summed E-state index contributed by atoms with van der Waals surface area (Å²) in [6, 6.07) is 41.9. The molecule has 6 aromatic rings. The number of nitrogens with zero attached hydrogens (tertiary/aromatic N) is 2. The first kappa shape index (κ1) is 21.0. The van der Waals surface area contributed by atoms with E-state index >= 15 is 0 Å². The molecule has 1 heterocycles. The van der Waals surface area contributed by atoms with Gasteiger partial charge in [0.2, 0.25) is 0 Å². The van der Waals surface area contributed by atoms with Crippen molar-refractivity contribution >= 4 is 33.2 Å². The summed E-state index contributed by atoms with van der Waals surface area (Å²) in [7, 11) is 2.17. The van der Waals surface area contributed by atoms with Crippen molar-refractivity contribution in [2.75, 3.05) is 11.9 Å². The SMILES string of the molecule is CN(c1ccc2c(c1)C(C)(C)c1ccccc1-2)c1ccc2c(c1)c1ccccc1n2-c1ccccc1. The first-order valence-electron chi connectivity index (χ1n) is 12.6. The Morgan fingerprint density at radius 3 is 2.06 bits per heavy atom. The molecule has 0 fully saturated rings. The molecule has 2 nitrogen and oxygen atoms in total. The second-order valence-electron chi connectivity index (χ2n) is 10.3. The molecule has 174 valence electrons. The summed E-state index contributed by atoms with van der Waals surface area (Å²) in [6.07, 6.45) is 0. The minimum Gasteiger partial charge on any atom is -0.345 e. The highest BCUT2D eigenvalue weighted by atomic mass is 15.1. The van der Waals surface area contributed by atoms with Crippen LogP contribution in [0.4, 0.5) is 11.4 Å². The van der Waals surface area contributed by atoms with Crippen LogP contribution in [-0.4, -0.2) is 11.6 Å². The molecule has 0 saturated heterocycles. The number of fused-ring (bicyclic) bond motifs is 6. The molecule has 1 aliphatic carbocycles. The van der Waals surface area contributed by atoms with Crippen LogP contribution in [0.3, 0.4) is 0 Å². The lowest BCUT2D eigenvalue weighted by molar-refractivity contribution is 0.660. The van der Waals surface area contributed by atoms with Gasteiger partial charge in [-0.05, 0) is 70.8 Å². The molecule has 0 N–H and O–H groups in total. The van der Waals surface area contributed by atoms with Crippen molar-refractivity contribution < 1.29 is 0 Å². The molecule has 1 aliphatic rings. The molecule has 0 aliphatic heterocycles. The van der Waals surface area contributed by atoms with E-state index in [2.05, 4.69) is 146 Å². The first-order chi connectivity index (χ1) is 17.5. The molecular formula is C34H28N2. The highest BCUT2D eigenvalue weighted by Gasteiger charge is 2.35. The van der Waals surface area contributed by atoms with Gasteiger partial charge in [0.25, 0.3) is 0 Å². The van der Waals surface area contributed by atoms with Crippen molar-refractivity contribution in [1.29, 1.82) is 0 Å². The highest BCUT2D eigenvalue weighted by Crippen LogP contribution is 2.49. The molecule has 0 amide bonds. The van der Waals surface area contributed by atoms with Crippen LogP contribution < -0.4 is 4.90 Å². The van der Waals surface area contributed by atoms with Gasteiger partial charge in [0.05, 0.1) is 11.0 Å². The van der Waals surface area contributed by atoms with Crippen LogP contribution >= 0.6 is 0 Å². The van der Waals surface area contributed by atoms with Crippen LogP contribution in [0.5, 0.6) is 0 Å². The average Bonchev–Trinajstić information content (AvgIpc) is 3.37. The molecule has 2 heteroatoms. The maximum Gasteiger partial charge on any atom is 0.0542 e. The van der Waals surface area contributed by atoms with E-state index in [0.29, 0.717) is 0 Å². The number of anilines is 2. The summed E-state index contributed by atoms with van der Waals surface area (Å²) >= 11 is 0. The molecule has 1 aromatic heterocycles. The minimum absolute atomic E-state index is 0.00413. The van der Waals surface area contributed by atoms with Crippen molar-refractivity contribution in [2.24, 2.45) is 0 Å². The zero-order valence-corrected chi connectivity index (χ0v) is 20.9. The zero-order chi connectivity index (χ0) is 24.4. The van der Waals surface area contributed by atoms with Gasteiger partial charge in [0.15, 0.2) is 0 Å². The quantitative estimate of drug-likeness (QED) is 0.254. The molecule has 0 atom stereocenters. The van der Waals surface area contributed by atoms with Gasteiger partial charge >= 0.3 is 0 Å². The second kappa shape index (κ2) is 7.60. The van der Waals surface area contributed by atoms with Crippen molar-refractivity contribution in [2.45, 2.75) is 19.3 Å². The second-order valence-corrected chi connectivity index (χ2v) is 10.3. The average molecular weight is 465 g/mol. The summed E-state index contributed by atoms with van der Waals surface area (Å²) in [5.74, 6) is 0. The number of para-hydroxylation sites is 2. The van der Waals surface area contributed by atoms with Crippen LogP contribution in [-0.2, 0) is 5.41 Å². The van der Waals surface area contributed by atoms with Gasteiger partial charge in [-0.2, -0.15) is 0 Å². The van der Waals surface area contributed by atoms with Crippen molar-refractivity contribution in [3.05, 3.63) is 126 Å². The van der Waals surface area contributed by atoms with E-state index in [-0.39, 0.29) is 5.41 Å². The van der Waals surface area contributed by atoms with Crippen LogP contribution in [0.15, 0.2) is 115 Å². The standard InChI is InChI=1S/C34H28N2/c1-34(2)30-15-9-7-13-26(30)27-19-17-25(22-31(27)34)35(3)24-18-20-33-29(21-24)28-14-8-10-16-32(28)36(33)23-11-5-4-6-12-23/h4-22H,1-3H3. The van der Waals surface area contributed by atoms with Gasteiger partial charge in [-0.15, -0.1) is 0 Å². The number of hydrogen-bond donors (Lipinski definition) is 0. The maximum atomic E-state index is 2.38. The number of benzene rings is 5. The molecule has 0 unspecified atom stereocenters. The molecule has 5 aromatic carbocycles. The Labute approximate surface area is 212 Å². The van der Waals surface area contributed by atoms with E-state index in [1.54, 1.807) is 0 Å². The Balaban J connectivity index is 1.36. The maximum absolute atomic E-state index is 2.38. The van der Waals surface area contributed by atoms with Gasteiger partial charge in [-0.3, -0.25) is 0 Å². The van der Waals surface area contributed by atoms with Gasteiger partial charge < -0.3 is 9.47 Å². The molecule has 0 spiro atoms. The van der Waals surface area contributed by atoms with Crippen LogP contribution in [0.2, 0.25) is 0 Å². The van der Waals surface area contributed by atoms with Gasteiger partial charge in [0, 0.05) is 40.3 Å². The predicted octanol–water partition coefficient (Wildman–Crippen LogP) is 8.86. The summed E-state index contributed by atoms with van der Waals surface area (Å²) in [4.78, 5) is 2.31. The first-order valence-corrected chi connectivity index (χ1v) is 12.6. The highest BCUT2D eigenvalue weighted by molar-refractivity contribution is 6.10. The molecule has 7 rings (SSSR count). The van der Waals surface area contributed by atoms with E-state index < -0.39 is 0 Å². The van der Waals surface area contributed by atoms with Crippen LogP contribution in [0, 0.1) is 0 Å². The van der Waals surface area contributed by atoms with Crippen molar-refractivity contribution in [1.82, 2.24) is 4.57 Å². The fourth-order valence-corrected chi connectivity index (χ4v) is 6.07. The molecule has 0 radical (unpaired) electrons. The Bertz CT molecular complexity index is 1770. The zero-order valence-electron chi connectivity index (χ0n) is 20.9. The van der Waals surface area contributed by atoms with Gasteiger partial charge in [0.1, 0.15) is 0 Å². The predicted molar refractivity (Wildman–Crippen MR) is 153 cm³/mol. The Morgan fingerprint density at radius 2 is 1.19 bits per heavy atom. The summed E-state index contributed by atoms with van der Waals surface area (Å²) in [6.45, 7) is 4.68. The molecule has 0 saturated carbocycles. The Kier molecular flexibility index (Phi) is 4.44. The minimum atomic E-state index is -0.00413. The lowest BCUT2D eigenvalue weighted by atomic mass is 9.82. The molecule has 0 bridgehead atoms. The fraction of sp³-hybridized carbons (Fsp3) is 0.118. The summed E-state index contributed by atoms with van der Waals surface area (Å²) in [5, 5.41) is 2.55. The number of aromatic nitrogens is 1. The monoisotopic (exact) mass is 464 g/mol. The van der Waals surface area contributed by atoms with E-state index in [4.69, 9.17) is 0 Å². The van der Waals surface area contributed by atoms with Crippen LogP contribution in [0.25, 0.3) is 38.6 Å². The smallest absolute Gasteiger partial charge is 0.0542 e.